The molecule has 0 atom stereocenters. The molecule has 1 amide bonds. The van der Waals surface area contributed by atoms with Crippen LogP contribution >= 0.6 is 0 Å². The normalized spacial score (nSPS) is 15.1. The fourth-order valence-electron chi connectivity index (χ4n) is 4.07. The third-order valence-corrected chi connectivity index (χ3v) is 7.98. The number of fused-ring (bicyclic) bond motifs is 1. The molecule has 1 aromatic carbocycles. The Balaban J connectivity index is 1.60. The number of aryl methyl sites for hydroxylation is 2. The lowest BCUT2D eigenvalue weighted by Gasteiger charge is -2.26. The first kappa shape index (κ1) is 22.9. The van der Waals surface area contributed by atoms with Crippen LogP contribution in [0.15, 0.2) is 39.0 Å². The number of carbonyl (C=O) groups excluding carboxylic acids is 1. The zero-order valence-electron chi connectivity index (χ0n) is 18.7. The van der Waals surface area contributed by atoms with Gasteiger partial charge in [-0.1, -0.05) is 12.5 Å². The van der Waals surface area contributed by atoms with Crippen molar-refractivity contribution in [2.75, 3.05) is 18.4 Å². The van der Waals surface area contributed by atoms with E-state index in [2.05, 4.69) is 10.3 Å². The topological polar surface area (TPSA) is 128 Å². The lowest BCUT2D eigenvalue weighted by molar-refractivity contribution is -0.116. The highest BCUT2D eigenvalue weighted by Crippen LogP contribution is 2.26. The Labute approximate surface area is 190 Å². The average molecular weight is 475 g/mol. The standard InChI is InChI=1S/C21H26N6O5S/c1-14-7-8-15(11-16(14)33(31,32)27-9-5-4-6-10-27)23-17(28)12-26-13-22-19-18(26)20(29)25(3)21(30)24(19)2/h7-8,11,13H,4-6,9-10,12H2,1-3H3,(H,23,28). The van der Waals surface area contributed by atoms with Gasteiger partial charge in [0.15, 0.2) is 11.2 Å². The molecule has 0 aliphatic carbocycles. The van der Waals surface area contributed by atoms with Crippen molar-refractivity contribution < 1.29 is 13.2 Å². The van der Waals surface area contributed by atoms with Gasteiger partial charge < -0.3 is 9.88 Å². The summed E-state index contributed by atoms with van der Waals surface area (Å²) in [5, 5.41) is 2.70. The fourth-order valence-corrected chi connectivity index (χ4v) is 5.84. The number of hydrogen-bond donors (Lipinski definition) is 1. The van der Waals surface area contributed by atoms with Crippen molar-refractivity contribution in [1.82, 2.24) is 23.0 Å². The molecular formula is C21H26N6O5S. The first-order valence-electron chi connectivity index (χ1n) is 10.6. The number of hydrogen-bond acceptors (Lipinski definition) is 6. The second-order valence-electron chi connectivity index (χ2n) is 8.24. The molecule has 176 valence electrons. The highest BCUT2D eigenvalue weighted by atomic mass is 32.2. The SMILES string of the molecule is Cc1ccc(NC(=O)Cn2cnc3c2c(=O)n(C)c(=O)n3C)cc1S(=O)(=O)N1CCCCC1. The molecule has 2 aromatic heterocycles. The highest BCUT2D eigenvalue weighted by Gasteiger charge is 2.27. The smallest absolute Gasteiger partial charge is 0.324 e. The van der Waals surface area contributed by atoms with Gasteiger partial charge in [-0.3, -0.25) is 18.7 Å². The van der Waals surface area contributed by atoms with E-state index in [9.17, 15) is 22.8 Å². The van der Waals surface area contributed by atoms with Crippen molar-refractivity contribution in [2.24, 2.45) is 14.1 Å². The van der Waals surface area contributed by atoms with E-state index in [1.54, 1.807) is 19.1 Å². The van der Waals surface area contributed by atoms with E-state index in [0.29, 0.717) is 24.3 Å². The van der Waals surface area contributed by atoms with Gasteiger partial charge in [-0.15, -0.1) is 0 Å². The number of amides is 1. The maximum Gasteiger partial charge on any atom is 0.332 e. The summed E-state index contributed by atoms with van der Waals surface area (Å²) in [4.78, 5) is 41.6. The van der Waals surface area contributed by atoms with E-state index in [-0.39, 0.29) is 22.6 Å². The van der Waals surface area contributed by atoms with Crippen LogP contribution in [0, 0.1) is 6.92 Å². The van der Waals surface area contributed by atoms with Gasteiger partial charge in [-0.25, -0.2) is 18.2 Å². The van der Waals surface area contributed by atoms with E-state index in [1.165, 1.54) is 39.9 Å². The quantitative estimate of drug-likeness (QED) is 0.575. The molecule has 33 heavy (non-hydrogen) atoms. The molecule has 3 heterocycles. The van der Waals surface area contributed by atoms with Gasteiger partial charge in [0.05, 0.1) is 11.2 Å². The average Bonchev–Trinajstić information content (AvgIpc) is 3.21. The summed E-state index contributed by atoms with van der Waals surface area (Å²) in [5.41, 5.74) is 0.190. The number of anilines is 1. The minimum Gasteiger partial charge on any atom is -0.324 e. The minimum atomic E-state index is -3.66. The summed E-state index contributed by atoms with van der Waals surface area (Å²) in [6.07, 6.45) is 4.00. The highest BCUT2D eigenvalue weighted by molar-refractivity contribution is 7.89. The van der Waals surface area contributed by atoms with Crippen LogP contribution in [0.4, 0.5) is 5.69 Å². The zero-order chi connectivity index (χ0) is 23.9. The maximum atomic E-state index is 13.1. The van der Waals surface area contributed by atoms with Crippen molar-refractivity contribution in [3.05, 3.63) is 50.9 Å². The number of aromatic nitrogens is 4. The molecule has 1 N–H and O–H groups in total. The molecule has 0 spiro atoms. The molecule has 1 aliphatic rings. The number of nitrogens with one attached hydrogen (secondary N) is 1. The molecule has 1 fully saturated rings. The predicted molar refractivity (Wildman–Crippen MR) is 123 cm³/mol. The number of rotatable bonds is 5. The van der Waals surface area contributed by atoms with Crippen LogP contribution < -0.4 is 16.6 Å². The minimum absolute atomic E-state index is 0.132. The summed E-state index contributed by atoms with van der Waals surface area (Å²) < 4.78 is 31.3. The Kier molecular flexibility index (Phi) is 5.97. The molecule has 0 saturated carbocycles. The van der Waals surface area contributed by atoms with Crippen LogP contribution in [0.5, 0.6) is 0 Å². The van der Waals surface area contributed by atoms with E-state index in [4.69, 9.17) is 0 Å². The van der Waals surface area contributed by atoms with Crippen molar-refractivity contribution >= 4 is 32.8 Å². The van der Waals surface area contributed by atoms with Gasteiger partial charge in [0.25, 0.3) is 5.56 Å². The number of imidazole rings is 1. The van der Waals surface area contributed by atoms with Gasteiger partial charge in [0.2, 0.25) is 15.9 Å². The summed E-state index contributed by atoms with van der Waals surface area (Å²) >= 11 is 0. The third kappa shape index (κ3) is 4.11. The Morgan fingerprint density at radius 2 is 1.79 bits per heavy atom. The Hall–Kier alpha value is -3.25. The monoisotopic (exact) mass is 474 g/mol. The van der Waals surface area contributed by atoms with E-state index in [1.807, 2.05) is 0 Å². The largest absolute Gasteiger partial charge is 0.332 e. The van der Waals surface area contributed by atoms with Crippen LogP contribution in [0.1, 0.15) is 24.8 Å². The van der Waals surface area contributed by atoms with E-state index < -0.39 is 27.2 Å². The van der Waals surface area contributed by atoms with Crippen LogP contribution in [0.2, 0.25) is 0 Å². The number of nitrogens with zero attached hydrogens (tertiary/aromatic N) is 5. The molecule has 3 aromatic rings. The Bertz CT molecular complexity index is 1460. The molecule has 11 nitrogen and oxygen atoms in total. The molecule has 0 unspecified atom stereocenters. The first-order valence-corrected chi connectivity index (χ1v) is 12.1. The van der Waals surface area contributed by atoms with Crippen molar-refractivity contribution in [2.45, 2.75) is 37.6 Å². The number of sulfonamides is 1. The van der Waals surface area contributed by atoms with Crippen LogP contribution in [0.25, 0.3) is 11.2 Å². The summed E-state index contributed by atoms with van der Waals surface area (Å²) in [5.74, 6) is -0.463. The molecule has 1 saturated heterocycles. The molecule has 0 bridgehead atoms. The molecule has 4 rings (SSSR count). The van der Waals surface area contributed by atoms with E-state index >= 15 is 0 Å². The number of piperidine rings is 1. The van der Waals surface area contributed by atoms with Gasteiger partial charge in [0, 0.05) is 32.9 Å². The summed E-state index contributed by atoms with van der Waals surface area (Å²) in [6.45, 7) is 2.47. The Morgan fingerprint density at radius 3 is 2.48 bits per heavy atom. The van der Waals surface area contributed by atoms with Crippen molar-refractivity contribution in [3.63, 3.8) is 0 Å². The van der Waals surface area contributed by atoms with Crippen molar-refractivity contribution in [3.8, 4) is 0 Å². The number of benzene rings is 1. The maximum absolute atomic E-state index is 13.1. The Morgan fingerprint density at radius 1 is 1.09 bits per heavy atom. The van der Waals surface area contributed by atoms with Crippen LogP contribution in [-0.2, 0) is 35.5 Å². The van der Waals surface area contributed by atoms with Crippen LogP contribution in [0.3, 0.4) is 0 Å². The van der Waals surface area contributed by atoms with Crippen LogP contribution in [-0.4, -0.2) is 50.4 Å². The predicted octanol–water partition coefficient (Wildman–Crippen LogP) is 0.555. The van der Waals surface area contributed by atoms with Crippen molar-refractivity contribution in [1.29, 1.82) is 0 Å². The van der Waals surface area contributed by atoms with E-state index in [0.717, 1.165) is 23.8 Å². The summed E-state index contributed by atoms with van der Waals surface area (Å²) in [7, 11) is -0.801. The summed E-state index contributed by atoms with van der Waals surface area (Å²) in [6, 6.07) is 4.76. The lowest BCUT2D eigenvalue weighted by Crippen LogP contribution is -2.37. The zero-order valence-corrected chi connectivity index (χ0v) is 19.6. The van der Waals surface area contributed by atoms with Gasteiger partial charge in [-0.05, 0) is 37.5 Å². The second-order valence-corrected chi connectivity index (χ2v) is 10.2. The lowest BCUT2D eigenvalue weighted by atomic mass is 10.2. The third-order valence-electron chi connectivity index (χ3n) is 5.94. The van der Waals surface area contributed by atoms with Gasteiger partial charge in [-0.2, -0.15) is 4.31 Å². The number of carbonyl (C=O) groups is 1. The fraction of sp³-hybridized carbons (Fsp3) is 0.429. The second kappa shape index (κ2) is 8.60. The van der Waals surface area contributed by atoms with Gasteiger partial charge in [0.1, 0.15) is 6.54 Å². The molecule has 0 radical (unpaired) electrons. The van der Waals surface area contributed by atoms with Gasteiger partial charge >= 0.3 is 5.69 Å². The first-order chi connectivity index (χ1) is 15.6. The molecular weight excluding hydrogens is 448 g/mol. The molecule has 1 aliphatic heterocycles. The molecule has 12 heteroatoms.